The summed E-state index contributed by atoms with van der Waals surface area (Å²) in [7, 11) is 0. The molecular formula is C44H25N5O2. The van der Waals surface area contributed by atoms with Gasteiger partial charge in [0.05, 0.1) is 16.7 Å². The maximum Gasteiger partial charge on any atom is 0.227 e. The third kappa shape index (κ3) is 4.56. The van der Waals surface area contributed by atoms with Crippen molar-refractivity contribution in [1.82, 2.24) is 9.97 Å². The van der Waals surface area contributed by atoms with E-state index in [1.54, 1.807) is 6.07 Å². The van der Waals surface area contributed by atoms with Gasteiger partial charge in [-0.3, -0.25) is 0 Å². The highest BCUT2D eigenvalue weighted by molar-refractivity contribution is 5.92. The maximum absolute atomic E-state index is 10.9. The average molecular weight is 656 g/mol. The van der Waals surface area contributed by atoms with Crippen molar-refractivity contribution < 1.29 is 8.83 Å². The summed E-state index contributed by atoms with van der Waals surface area (Å²) in [5.41, 5.74) is 11.0. The van der Waals surface area contributed by atoms with Crippen molar-refractivity contribution in [1.29, 1.82) is 15.8 Å². The van der Waals surface area contributed by atoms with Crippen LogP contribution in [0.4, 0.5) is 0 Å². The molecule has 1 aliphatic carbocycles. The first kappa shape index (κ1) is 29.8. The Morgan fingerprint density at radius 2 is 1.08 bits per heavy atom. The molecule has 1 aliphatic rings. The Morgan fingerprint density at radius 1 is 0.510 bits per heavy atom. The van der Waals surface area contributed by atoms with E-state index in [-0.39, 0.29) is 22.1 Å². The minimum atomic E-state index is -0.273. The molecule has 0 amide bonds. The third-order valence-electron chi connectivity index (χ3n) is 9.87. The number of fused-ring (bicyclic) bond motifs is 5. The van der Waals surface area contributed by atoms with Crippen molar-refractivity contribution in [2.45, 2.75) is 19.3 Å². The number of benzene rings is 6. The molecule has 0 fully saturated rings. The van der Waals surface area contributed by atoms with Crippen molar-refractivity contribution in [2.24, 2.45) is 0 Å². The van der Waals surface area contributed by atoms with Crippen LogP contribution in [0, 0.1) is 34.0 Å². The van der Waals surface area contributed by atoms with Gasteiger partial charge in [-0.25, -0.2) is 9.97 Å². The van der Waals surface area contributed by atoms with E-state index in [1.165, 1.54) is 11.1 Å². The van der Waals surface area contributed by atoms with Crippen LogP contribution < -0.4 is 0 Å². The highest BCUT2D eigenvalue weighted by atomic mass is 16.4. The summed E-state index contributed by atoms with van der Waals surface area (Å²) in [6, 6.07) is 43.6. The first-order valence-corrected chi connectivity index (χ1v) is 16.4. The normalized spacial score (nSPS) is 12.6. The van der Waals surface area contributed by atoms with E-state index in [0.717, 1.165) is 16.7 Å². The van der Waals surface area contributed by atoms with Gasteiger partial charge in [-0.15, -0.1) is 0 Å². The van der Waals surface area contributed by atoms with Gasteiger partial charge in [0.15, 0.2) is 11.2 Å². The number of oxazole rings is 2. The molecule has 0 aliphatic heterocycles. The largest absolute Gasteiger partial charge is 0.436 e. The zero-order chi connectivity index (χ0) is 34.9. The zero-order valence-corrected chi connectivity index (χ0v) is 27.5. The Kier molecular flexibility index (Phi) is 6.52. The minimum absolute atomic E-state index is 0.102. The Bertz CT molecular complexity index is 2730. The van der Waals surface area contributed by atoms with Gasteiger partial charge >= 0.3 is 0 Å². The van der Waals surface area contributed by atoms with Crippen LogP contribution in [0.5, 0.6) is 0 Å². The molecule has 9 rings (SSSR count). The number of hydrogen-bond acceptors (Lipinski definition) is 7. The lowest BCUT2D eigenvalue weighted by atomic mass is 9.80. The van der Waals surface area contributed by atoms with Crippen LogP contribution in [-0.2, 0) is 5.41 Å². The lowest BCUT2D eigenvalue weighted by Gasteiger charge is -2.22. The predicted octanol–water partition coefficient (Wildman–Crippen LogP) is 10.6. The summed E-state index contributed by atoms with van der Waals surface area (Å²) < 4.78 is 12.4. The average Bonchev–Trinajstić information content (AvgIpc) is 3.87. The molecule has 0 N–H and O–H groups in total. The van der Waals surface area contributed by atoms with Crippen LogP contribution in [-0.4, -0.2) is 9.97 Å². The molecule has 2 aromatic heterocycles. The molecule has 0 unspecified atom stereocenters. The second-order valence-corrected chi connectivity index (χ2v) is 13.1. The molecule has 0 bridgehead atoms. The van der Waals surface area contributed by atoms with Crippen LogP contribution in [0.2, 0.25) is 0 Å². The molecule has 7 nitrogen and oxygen atoms in total. The second kappa shape index (κ2) is 11.1. The van der Waals surface area contributed by atoms with Crippen LogP contribution in [0.3, 0.4) is 0 Å². The van der Waals surface area contributed by atoms with Gasteiger partial charge in [0, 0.05) is 27.7 Å². The summed E-state index contributed by atoms with van der Waals surface area (Å²) in [4.78, 5) is 9.49. The molecule has 238 valence electrons. The first-order chi connectivity index (χ1) is 24.9. The maximum atomic E-state index is 10.9. The number of para-hydroxylation sites is 4. The van der Waals surface area contributed by atoms with E-state index in [1.807, 2.05) is 78.9 Å². The fraction of sp³-hybridized carbons (Fsp3) is 0.0682. The molecule has 6 aromatic carbocycles. The standard InChI is InChI=1S/C44H25N5O2/c1-44(2)35-10-4-3-9-30(35)31-16-15-25(21-36(31)44)32-20-29(22-45)33(23-46)41(34(32)24-47)26-17-27(42-48-37-11-5-7-13-39(37)50-42)19-28(18-26)43-49-38-12-6-8-14-40(38)51-43/h3-21H,1-2H3. The Labute approximate surface area is 292 Å². The van der Waals surface area contributed by atoms with E-state index in [2.05, 4.69) is 62.4 Å². The van der Waals surface area contributed by atoms with E-state index >= 15 is 0 Å². The summed E-state index contributed by atoms with van der Waals surface area (Å²) in [5.74, 6) is 0.703. The Balaban J connectivity index is 1.31. The first-order valence-electron chi connectivity index (χ1n) is 16.4. The van der Waals surface area contributed by atoms with E-state index in [4.69, 9.17) is 18.8 Å². The summed E-state index contributed by atoms with van der Waals surface area (Å²) in [6.45, 7) is 4.39. The Morgan fingerprint density at radius 3 is 1.69 bits per heavy atom. The van der Waals surface area contributed by atoms with Crippen LogP contribution in [0.15, 0.2) is 124 Å². The smallest absolute Gasteiger partial charge is 0.227 e. The number of rotatable bonds is 4. The number of nitrogens with zero attached hydrogens (tertiary/aromatic N) is 5. The molecule has 0 spiro atoms. The molecule has 2 heterocycles. The van der Waals surface area contributed by atoms with Gasteiger partial charge in [0.2, 0.25) is 11.8 Å². The van der Waals surface area contributed by atoms with Crippen LogP contribution >= 0.6 is 0 Å². The fourth-order valence-electron chi connectivity index (χ4n) is 7.40. The molecule has 0 saturated carbocycles. The minimum Gasteiger partial charge on any atom is -0.436 e. The van der Waals surface area contributed by atoms with E-state index < -0.39 is 0 Å². The van der Waals surface area contributed by atoms with Crippen molar-refractivity contribution in [3.63, 3.8) is 0 Å². The molecule has 0 saturated heterocycles. The molecule has 8 aromatic rings. The van der Waals surface area contributed by atoms with E-state index in [9.17, 15) is 15.8 Å². The van der Waals surface area contributed by atoms with Crippen LogP contribution in [0.25, 0.3) is 78.5 Å². The van der Waals surface area contributed by atoms with Crippen molar-refractivity contribution in [2.75, 3.05) is 0 Å². The molecule has 7 heteroatoms. The van der Waals surface area contributed by atoms with Gasteiger partial charge in [-0.1, -0.05) is 74.5 Å². The van der Waals surface area contributed by atoms with Gasteiger partial charge in [0.25, 0.3) is 0 Å². The highest BCUT2D eigenvalue weighted by Gasteiger charge is 2.35. The van der Waals surface area contributed by atoms with Crippen molar-refractivity contribution >= 4 is 22.2 Å². The van der Waals surface area contributed by atoms with Crippen molar-refractivity contribution in [3.8, 4) is 74.5 Å². The van der Waals surface area contributed by atoms with Crippen LogP contribution in [0.1, 0.15) is 41.7 Å². The molecule has 51 heavy (non-hydrogen) atoms. The van der Waals surface area contributed by atoms with E-state index in [0.29, 0.717) is 61.8 Å². The third-order valence-corrected chi connectivity index (χ3v) is 9.87. The molecular weight excluding hydrogens is 631 g/mol. The number of nitriles is 3. The van der Waals surface area contributed by atoms with Gasteiger partial charge in [-0.2, -0.15) is 15.8 Å². The number of aromatic nitrogens is 2. The lowest BCUT2D eigenvalue weighted by molar-refractivity contribution is 0.617. The SMILES string of the molecule is CC1(C)c2ccccc2-c2ccc(-c3cc(C#N)c(C#N)c(-c4cc(-c5nc6ccccc6o5)cc(-c5nc6ccccc6o5)c4)c3C#N)cc21. The quantitative estimate of drug-likeness (QED) is 0.185. The molecule has 0 radical (unpaired) electrons. The van der Waals surface area contributed by atoms with Gasteiger partial charge in [0.1, 0.15) is 29.2 Å². The summed E-state index contributed by atoms with van der Waals surface area (Å²) in [5, 5.41) is 31.9. The lowest BCUT2D eigenvalue weighted by Crippen LogP contribution is -2.15. The topological polar surface area (TPSA) is 123 Å². The Hall–Kier alpha value is -7.27. The highest BCUT2D eigenvalue weighted by Crippen LogP contribution is 2.50. The monoisotopic (exact) mass is 655 g/mol. The second-order valence-electron chi connectivity index (χ2n) is 13.1. The van der Waals surface area contributed by atoms with Crippen molar-refractivity contribution in [3.05, 3.63) is 143 Å². The van der Waals surface area contributed by atoms with Gasteiger partial charge < -0.3 is 8.83 Å². The molecule has 0 atom stereocenters. The predicted molar refractivity (Wildman–Crippen MR) is 195 cm³/mol. The van der Waals surface area contributed by atoms with Gasteiger partial charge in [-0.05, 0) is 88.0 Å². The zero-order valence-electron chi connectivity index (χ0n) is 27.5. The summed E-state index contributed by atoms with van der Waals surface area (Å²) in [6.07, 6.45) is 0. The summed E-state index contributed by atoms with van der Waals surface area (Å²) >= 11 is 0. The number of hydrogen-bond donors (Lipinski definition) is 0. The fourth-order valence-corrected chi connectivity index (χ4v) is 7.40.